The second kappa shape index (κ2) is 10.1. The summed E-state index contributed by atoms with van der Waals surface area (Å²) in [6.07, 6.45) is 0.802. The number of hydrogen-bond acceptors (Lipinski definition) is 4. The molecular weight excluding hydrogens is 412 g/mol. The molecule has 0 bridgehead atoms. The average molecular weight is 439 g/mol. The molecule has 0 unspecified atom stereocenters. The zero-order valence-corrected chi connectivity index (χ0v) is 18.7. The van der Waals surface area contributed by atoms with Gasteiger partial charge in [0.25, 0.3) is 15.9 Å². The molecule has 2 aromatic carbocycles. The number of halogens is 1. The van der Waals surface area contributed by atoms with Crippen LogP contribution in [0.25, 0.3) is 0 Å². The molecule has 0 spiro atoms. The van der Waals surface area contributed by atoms with E-state index in [9.17, 15) is 13.2 Å². The summed E-state index contributed by atoms with van der Waals surface area (Å²) in [6.45, 7) is 8.70. The lowest BCUT2D eigenvalue weighted by atomic mass is 10.1. The van der Waals surface area contributed by atoms with E-state index in [1.807, 2.05) is 33.8 Å². The van der Waals surface area contributed by atoms with Crippen LogP contribution in [0.2, 0.25) is 5.02 Å². The SMILES string of the molecule is Cc1ccc(NS(=O)(=O)c2cc(C(=O)NCCCOC(C)C)ccc2Cl)cc1C. The van der Waals surface area contributed by atoms with E-state index < -0.39 is 10.0 Å². The maximum Gasteiger partial charge on any atom is 0.263 e. The molecule has 0 radical (unpaired) electrons. The molecule has 8 heteroatoms. The first-order chi connectivity index (χ1) is 13.6. The number of rotatable bonds is 9. The van der Waals surface area contributed by atoms with Gasteiger partial charge in [-0.25, -0.2) is 8.42 Å². The smallest absolute Gasteiger partial charge is 0.263 e. The molecule has 158 valence electrons. The van der Waals surface area contributed by atoms with Crippen LogP contribution in [0.15, 0.2) is 41.3 Å². The van der Waals surface area contributed by atoms with Crippen molar-refractivity contribution in [3.8, 4) is 0 Å². The predicted octanol–water partition coefficient (Wildman–Crippen LogP) is 4.30. The third kappa shape index (κ3) is 6.73. The van der Waals surface area contributed by atoms with E-state index >= 15 is 0 Å². The van der Waals surface area contributed by atoms with Gasteiger partial charge in [0.15, 0.2) is 0 Å². The summed E-state index contributed by atoms with van der Waals surface area (Å²) in [7, 11) is -3.95. The van der Waals surface area contributed by atoms with E-state index in [0.717, 1.165) is 11.1 Å². The zero-order chi connectivity index (χ0) is 21.6. The number of carbonyl (C=O) groups is 1. The van der Waals surface area contributed by atoms with Crippen molar-refractivity contribution in [1.29, 1.82) is 0 Å². The number of carbonyl (C=O) groups excluding carboxylic acids is 1. The minimum Gasteiger partial charge on any atom is -0.379 e. The number of nitrogens with one attached hydrogen (secondary N) is 2. The van der Waals surface area contributed by atoms with Gasteiger partial charge in [-0.3, -0.25) is 9.52 Å². The van der Waals surface area contributed by atoms with Crippen LogP contribution < -0.4 is 10.0 Å². The summed E-state index contributed by atoms with van der Waals surface area (Å²) in [5.41, 5.74) is 2.68. The van der Waals surface area contributed by atoms with Gasteiger partial charge in [-0.15, -0.1) is 0 Å². The Hall–Kier alpha value is -2.09. The summed E-state index contributed by atoms with van der Waals surface area (Å²) >= 11 is 6.12. The lowest BCUT2D eigenvalue weighted by molar-refractivity contribution is 0.0757. The molecule has 2 rings (SSSR count). The average Bonchev–Trinajstić information content (AvgIpc) is 2.64. The third-order valence-electron chi connectivity index (χ3n) is 4.30. The highest BCUT2D eigenvalue weighted by molar-refractivity contribution is 7.92. The standard InChI is InChI=1S/C21H27ClN2O4S/c1-14(2)28-11-5-10-23-21(25)17-7-9-19(22)20(13-17)29(26,27)24-18-8-6-15(3)16(4)12-18/h6-9,12-14,24H,5,10-11H2,1-4H3,(H,23,25). The first kappa shape index (κ1) is 23.2. The molecule has 0 saturated carbocycles. The molecule has 0 atom stereocenters. The van der Waals surface area contributed by atoms with E-state index in [2.05, 4.69) is 10.0 Å². The normalized spacial score (nSPS) is 11.5. The van der Waals surface area contributed by atoms with Crippen LogP contribution in [0.3, 0.4) is 0 Å². The van der Waals surface area contributed by atoms with Crippen molar-refractivity contribution in [2.75, 3.05) is 17.9 Å². The zero-order valence-electron chi connectivity index (χ0n) is 17.1. The number of amides is 1. The van der Waals surface area contributed by atoms with Crippen LogP contribution in [0.5, 0.6) is 0 Å². The highest BCUT2D eigenvalue weighted by atomic mass is 35.5. The van der Waals surface area contributed by atoms with Gasteiger partial charge >= 0.3 is 0 Å². The lowest BCUT2D eigenvalue weighted by Crippen LogP contribution is -2.26. The Morgan fingerprint density at radius 2 is 1.83 bits per heavy atom. The summed E-state index contributed by atoms with van der Waals surface area (Å²) in [5, 5.41) is 2.80. The molecule has 0 aliphatic carbocycles. The molecule has 0 aromatic heterocycles. The molecule has 29 heavy (non-hydrogen) atoms. The molecule has 2 N–H and O–H groups in total. The fraction of sp³-hybridized carbons (Fsp3) is 0.381. The van der Waals surface area contributed by atoms with Crippen molar-refractivity contribution in [3.05, 3.63) is 58.1 Å². The Balaban J connectivity index is 2.12. The van der Waals surface area contributed by atoms with Crippen molar-refractivity contribution in [2.24, 2.45) is 0 Å². The van der Waals surface area contributed by atoms with Crippen LogP contribution in [-0.4, -0.2) is 33.6 Å². The van der Waals surface area contributed by atoms with Gasteiger partial charge in [-0.05, 0) is 75.6 Å². The Morgan fingerprint density at radius 1 is 1.10 bits per heavy atom. The minimum atomic E-state index is -3.95. The van der Waals surface area contributed by atoms with Crippen LogP contribution in [0.4, 0.5) is 5.69 Å². The van der Waals surface area contributed by atoms with Crippen LogP contribution >= 0.6 is 11.6 Å². The van der Waals surface area contributed by atoms with E-state index in [-0.39, 0.29) is 27.5 Å². The highest BCUT2D eigenvalue weighted by Gasteiger charge is 2.20. The van der Waals surface area contributed by atoms with Gasteiger partial charge in [0.2, 0.25) is 0 Å². The fourth-order valence-corrected chi connectivity index (χ4v) is 4.14. The van der Waals surface area contributed by atoms with Crippen molar-refractivity contribution in [1.82, 2.24) is 5.32 Å². The number of ether oxygens (including phenoxy) is 1. The Morgan fingerprint density at radius 3 is 2.48 bits per heavy atom. The lowest BCUT2D eigenvalue weighted by Gasteiger charge is -2.12. The van der Waals surface area contributed by atoms with E-state index in [1.165, 1.54) is 18.2 Å². The van der Waals surface area contributed by atoms with Crippen molar-refractivity contribution < 1.29 is 17.9 Å². The molecule has 6 nitrogen and oxygen atoms in total. The van der Waals surface area contributed by atoms with E-state index in [1.54, 1.807) is 12.1 Å². The number of benzene rings is 2. The minimum absolute atomic E-state index is 0.0446. The molecule has 1 amide bonds. The first-order valence-electron chi connectivity index (χ1n) is 9.39. The van der Waals surface area contributed by atoms with Gasteiger partial charge in [-0.2, -0.15) is 0 Å². The van der Waals surface area contributed by atoms with Crippen LogP contribution in [0.1, 0.15) is 41.8 Å². The molecule has 0 fully saturated rings. The number of aryl methyl sites for hydroxylation is 2. The van der Waals surface area contributed by atoms with Crippen LogP contribution in [0, 0.1) is 13.8 Å². The molecule has 0 aliphatic rings. The molecule has 0 aliphatic heterocycles. The summed E-state index contributed by atoms with van der Waals surface area (Å²) < 4.78 is 33.6. The van der Waals surface area contributed by atoms with Crippen LogP contribution in [-0.2, 0) is 14.8 Å². The first-order valence-corrected chi connectivity index (χ1v) is 11.3. The Labute approximate surface area is 177 Å². The number of anilines is 1. The Bertz CT molecular complexity index is 975. The number of sulfonamides is 1. The summed E-state index contributed by atoms with van der Waals surface area (Å²) in [5.74, 6) is -0.367. The Kier molecular flexibility index (Phi) is 8.07. The largest absolute Gasteiger partial charge is 0.379 e. The topological polar surface area (TPSA) is 84.5 Å². The molecular formula is C21H27ClN2O4S. The maximum absolute atomic E-state index is 12.8. The summed E-state index contributed by atoms with van der Waals surface area (Å²) in [6, 6.07) is 9.46. The van der Waals surface area contributed by atoms with Gasteiger partial charge in [0.1, 0.15) is 4.90 Å². The van der Waals surface area contributed by atoms with Gasteiger partial charge in [0.05, 0.1) is 11.1 Å². The van der Waals surface area contributed by atoms with Gasteiger partial charge in [0, 0.05) is 24.4 Å². The quantitative estimate of drug-likeness (QED) is 0.571. The van der Waals surface area contributed by atoms with Crippen molar-refractivity contribution in [3.63, 3.8) is 0 Å². The highest BCUT2D eigenvalue weighted by Crippen LogP contribution is 2.26. The van der Waals surface area contributed by atoms with Crippen molar-refractivity contribution in [2.45, 2.75) is 45.1 Å². The molecule has 2 aromatic rings. The van der Waals surface area contributed by atoms with Crippen molar-refractivity contribution >= 4 is 33.2 Å². The molecule has 0 saturated heterocycles. The second-order valence-electron chi connectivity index (χ2n) is 7.08. The summed E-state index contributed by atoms with van der Waals surface area (Å²) in [4.78, 5) is 12.2. The molecule has 0 heterocycles. The van der Waals surface area contributed by atoms with Gasteiger partial charge < -0.3 is 10.1 Å². The van der Waals surface area contributed by atoms with E-state index in [4.69, 9.17) is 16.3 Å². The third-order valence-corrected chi connectivity index (χ3v) is 6.16. The fourth-order valence-electron chi connectivity index (χ4n) is 2.56. The predicted molar refractivity (Wildman–Crippen MR) is 116 cm³/mol. The monoisotopic (exact) mass is 438 g/mol. The van der Waals surface area contributed by atoms with E-state index in [0.29, 0.717) is 25.3 Å². The van der Waals surface area contributed by atoms with Gasteiger partial charge in [-0.1, -0.05) is 17.7 Å². The number of hydrogen-bond donors (Lipinski definition) is 2. The second-order valence-corrected chi connectivity index (χ2v) is 9.14. The maximum atomic E-state index is 12.8.